The predicted octanol–water partition coefficient (Wildman–Crippen LogP) is 3.64. The average Bonchev–Trinajstić information content (AvgIpc) is 3.26. The van der Waals surface area contributed by atoms with Crippen LogP contribution in [0.1, 0.15) is 49.7 Å². The zero-order valence-corrected chi connectivity index (χ0v) is 22.7. The van der Waals surface area contributed by atoms with Crippen LogP contribution in [0.4, 0.5) is 0 Å². The molecular weight excluding hydrogens is 513 g/mol. The van der Waals surface area contributed by atoms with E-state index < -0.39 is 0 Å². The summed E-state index contributed by atoms with van der Waals surface area (Å²) in [6.45, 7) is 7.08. The van der Waals surface area contributed by atoms with E-state index in [1.807, 2.05) is 21.1 Å². The standard InChI is InChI=1S/C25H41N5O.HI/c1-20-7-9-22(10-8-20)18-30-15-11-21(12-16-30)17-27-24(26-2)28-19-25(13-5-6-14-25)23(31)29(3)4;/h7-10,21H,5-6,11-19H2,1-4H3,(H2,26,27,28);1H. The summed E-state index contributed by atoms with van der Waals surface area (Å²) in [6, 6.07) is 8.90. The molecule has 0 bridgehead atoms. The highest BCUT2D eigenvalue weighted by molar-refractivity contribution is 14.0. The van der Waals surface area contributed by atoms with Crippen molar-refractivity contribution in [1.82, 2.24) is 20.4 Å². The van der Waals surface area contributed by atoms with Gasteiger partial charge in [0.1, 0.15) is 0 Å². The molecular formula is C25H42IN5O. The number of guanidine groups is 1. The molecule has 1 aliphatic carbocycles. The normalized spacial score (nSPS) is 19.3. The van der Waals surface area contributed by atoms with Crippen LogP contribution in [0.25, 0.3) is 0 Å². The lowest BCUT2D eigenvalue weighted by atomic mass is 9.84. The molecule has 32 heavy (non-hydrogen) atoms. The van der Waals surface area contributed by atoms with E-state index in [9.17, 15) is 4.79 Å². The molecule has 180 valence electrons. The molecule has 1 saturated heterocycles. The number of nitrogens with zero attached hydrogens (tertiary/aromatic N) is 3. The largest absolute Gasteiger partial charge is 0.356 e. The van der Waals surface area contributed by atoms with E-state index in [4.69, 9.17) is 0 Å². The Kier molecular flexibility index (Phi) is 10.7. The van der Waals surface area contributed by atoms with Gasteiger partial charge in [0.25, 0.3) is 0 Å². The van der Waals surface area contributed by atoms with Crippen LogP contribution in [-0.4, -0.2) is 69.0 Å². The Morgan fingerprint density at radius 1 is 1.12 bits per heavy atom. The summed E-state index contributed by atoms with van der Waals surface area (Å²) in [4.78, 5) is 21.5. The van der Waals surface area contributed by atoms with Gasteiger partial charge in [-0.05, 0) is 57.2 Å². The number of piperidine rings is 1. The van der Waals surface area contributed by atoms with Crippen molar-refractivity contribution in [1.29, 1.82) is 0 Å². The second-order valence-corrected chi connectivity index (χ2v) is 9.70. The molecule has 2 aliphatic rings. The molecule has 3 rings (SSSR count). The van der Waals surface area contributed by atoms with Crippen LogP contribution >= 0.6 is 24.0 Å². The number of amides is 1. The van der Waals surface area contributed by atoms with Gasteiger partial charge in [-0.3, -0.25) is 14.7 Å². The van der Waals surface area contributed by atoms with Crippen molar-refractivity contribution < 1.29 is 4.79 Å². The molecule has 6 nitrogen and oxygen atoms in total. The van der Waals surface area contributed by atoms with E-state index >= 15 is 0 Å². The number of likely N-dealkylation sites (tertiary alicyclic amines) is 1. The van der Waals surface area contributed by atoms with Crippen molar-refractivity contribution in [3.05, 3.63) is 35.4 Å². The first-order chi connectivity index (χ1) is 14.9. The van der Waals surface area contributed by atoms with Gasteiger partial charge in [0.15, 0.2) is 5.96 Å². The molecule has 0 spiro atoms. The van der Waals surface area contributed by atoms with Crippen molar-refractivity contribution in [3.8, 4) is 0 Å². The number of hydrogen-bond acceptors (Lipinski definition) is 3. The monoisotopic (exact) mass is 555 g/mol. The molecule has 2 N–H and O–H groups in total. The van der Waals surface area contributed by atoms with Crippen LogP contribution < -0.4 is 10.6 Å². The minimum atomic E-state index is -0.275. The first-order valence-corrected chi connectivity index (χ1v) is 11.9. The first kappa shape index (κ1) is 26.9. The van der Waals surface area contributed by atoms with Crippen molar-refractivity contribution in [2.45, 2.75) is 52.0 Å². The Bertz CT molecular complexity index is 735. The lowest BCUT2D eigenvalue weighted by Crippen LogP contribution is -2.50. The highest BCUT2D eigenvalue weighted by Crippen LogP contribution is 2.38. The van der Waals surface area contributed by atoms with Crippen LogP contribution in [0, 0.1) is 18.3 Å². The summed E-state index contributed by atoms with van der Waals surface area (Å²) in [6.07, 6.45) is 6.61. The van der Waals surface area contributed by atoms with Crippen LogP contribution in [0.15, 0.2) is 29.3 Å². The second kappa shape index (κ2) is 12.8. The first-order valence-electron chi connectivity index (χ1n) is 11.9. The molecule has 0 radical (unpaired) electrons. The summed E-state index contributed by atoms with van der Waals surface area (Å²) >= 11 is 0. The summed E-state index contributed by atoms with van der Waals surface area (Å²) in [5.74, 6) is 1.73. The number of rotatable bonds is 7. The number of aryl methyl sites for hydroxylation is 1. The van der Waals surface area contributed by atoms with Gasteiger partial charge in [-0.15, -0.1) is 24.0 Å². The molecule has 7 heteroatoms. The minimum Gasteiger partial charge on any atom is -0.356 e. The molecule has 1 aromatic carbocycles. The van der Waals surface area contributed by atoms with E-state index in [2.05, 4.69) is 51.7 Å². The predicted molar refractivity (Wildman–Crippen MR) is 144 cm³/mol. The van der Waals surface area contributed by atoms with Crippen molar-refractivity contribution in [3.63, 3.8) is 0 Å². The zero-order valence-electron chi connectivity index (χ0n) is 20.3. The van der Waals surface area contributed by atoms with Crippen LogP contribution in [0.5, 0.6) is 0 Å². The summed E-state index contributed by atoms with van der Waals surface area (Å²) in [5.41, 5.74) is 2.45. The molecule has 0 aromatic heterocycles. The lowest BCUT2D eigenvalue weighted by Gasteiger charge is -2.33. The zero-order chi connectivity index (χ0) is 22.3. The van der Waals surface area contributed by atoms with Crippen molar-refractivity contribution in [2.24, 2.45) is 16.3 Å². The minimum absolute atomic E-state index is 0. The smallest absolute Gasteiger partial charge is 0.230 e. The van der Waals surface area contributed by atoms with E-state index in [1.165, 1.54) is 24.0 Å². The maximum absolute atomic E-state index is 12.8. The van der Waals surface area contributed by atoms with Gasteiger partial charge in [-0.25, -0.2) is 0 Å². The van der Waals surface area contributed by atoms with Crippen molar-refractivity contribution >= 4 is 35.8 Å². The van der Waals surface area contributed by atoms with Crippen molar-refractivity contribution in [2.75, 3.05) is 47.3 Å². The number of carbonyl (C=O) groups is 1. The third kappa shape index (κ3) is 7.33. The quantitative estimate of drug-likeness (QED) is 0.307. The fraction of sp³-hybridized carbons (Fsp3) is 0.680. The molecule has 2 fully saturated rings. The summed E-state index contributed by atoms with van der Waals surface area (Å²) < 4.78 is 0. The van der Waals surface area contributed by atoms with Crippen LogP contribution in [0.2, 0.25) is 0 Å². The third-order valence-corrected chi connectivity index (χ3v) is 7.03. The SMILES string of the molecule is CN=C(NCC1CCN(Cc2ccc(C)cc2)CC1)NCC1(C(=O)N(C)C)CCCC1.I. The van der Waals surface area contributed by atoms with Gasteiger partial charge in [0, 0.05) is 40.8 Å². The van der Waals surface area contributed by atoms with E-state index in [0.717, 1.165) is 57.8 Å². The number of hydrogen-bond donors (Lipinski definition) is 2. The molecule has 0 atom stereocenters. The highest BCUT2D eigenvalue weighted by Gasteiger charge is 2.42. The van der Waals surface area contributed by atoms with Gasteiger partial charge in [0.05, 0.1) is 5.41 Å². The summed E-state index contributed by atoms with van der Waals surface area (Å²) in [5, 5.41) is 6.97. The Morgan fingerprint density at radius 3 is 2.31 bits per heavy atom. The molecule has 1 heterocycles. The Balaban J connectivity index is 0.00000363. The van der Waals surface area contributed by atoms with Gasteiger partial charge in [-0.1, -0.05) is 42.7 Å². The molecule has 1 saturated carbocycles. The van der Waals surface area contributed by atoms with Gasteiger partial charge < -0.3 is 15.5 Å². The van der Waals surface area contributed by atoms with E-state index in [1.54, 1.807) is 4.90 Å². The Morgan fingerprint density at radius 2 is 1.75 bits per heavy atom. The number of nitrogens with one attached hydrogen (secondary N) is 2. The average molecular weight is 556 g/mol. The molecule has 1 aliphatic heterocycles. The topological polar surface area (TPSA) is 60.0 Å². The van der Waals surface area contributed by atoms with Crippen LogP contribution in [0.3, 0.4) is 0 Å². The highest BCUT2D eigenvalue weighted by atomic mass is 127. The molecule has 0 unspecified atom stereocenters. The molecule has 1 aromatic rings. The number of benzene rings is 1. The third-order valence-electron chi connectivity index (χ3n) is 7.03. The fourth-order valence-corrected chi connectivity index (χ4v) is 5.01. The van der Waals surface area contributed by atoms with Gasteiger partial charge in [0.2, 0.25) is 5.91 Å². The van der Waals surface area contributed by atoms with Crippen LogP contribution in [-0.2, 0) is 11.3 Å². The number of carbonyl (C=O) groups excluding carboxylic acids is 1. The van der Waals surface area contributed by atoms with Gasteiger partial charge in [-0.2, -0.15) is 0 Å². The maximum atomic E-state index is 12.8. The Labute approximate surface area is 211 Å². The molecule has 1 amide bonds. The second-order valence-electron chi connectivity index (χ2n) is 9.70. The maximum Gasteiger partial charge on any atom is 0.230 e. The lowest BCUT2D eigenvalue weighted by molar-refractivity contribution is -0.138. The van der Waals surface area contributed by atoms with E-state index in [0.29, 0.717) is 12.5 Å². The van der Waals surface area contributed by atoms with Gasteiger partial charge >= 0.3 is 0 Å². The Hall–Kier alpha value is -1.35. The number of halogens is 1. The van der Waals surface area contributed by atoms with E-state index in [-0.39, 0.29) is 35.3 Å². The number of aliphatic imine (C=N–C) groups is 1. The summed E-state index contributed by atoms with van der Waals surface area (Å²) in [7, 11) is 5.54. The fourth-order valence-electron chi connectivity index (χ4n) is 5.01.